The molecule has 3 rings (SSSR count). The molecule has 1 fully saturated rings. The van der Waals surface area contributed by atoms with Gasteiger partial charge < -0.3 is 14.6 Å². The summed E-state index contributed by atoms with van der Waals surface area (Å²) >= 11 is 0. The number of H-pyrrole nitrogens is 1. The van der Waals surface area contributed by atoms with Gasteiger partial charge in [-0.1, -0.05) is 20.8 Å². The summed E-state index contributed by atoms with van der Waals surface area (Å²) in [6.07, 6.45) is 0. The summed E-state index contributed by atoms with van der Waals surface area (Å²) in [6, 6.07) is 5.90. The number of aromatic amines is 1. The summed E-state index contributed by atoms with van der Waals surface area (Å²) in [5.41, 5.74) is 1.57. The highest BCUT2D eigenvalue weighted by molar-refractivity contribution is 5.81. The minimum absolute atomic E-state index is 0.0694. The first-order chi connectivity index (χ1) is 9.95. The number of hydrogen-bond acceptors (Lipinski definition) is 4. The molecule has 0 bridgehead atoms. The first kappa shape index (κ1) is 14.1. The molecule has 1 aromatic heterocycles. The third-order valence-corrected chi connectivity index (χ3v) is 3.78. The minimum Gasteiger partial charge on any atom is -0.378 e. The molecule has 21 heavy (non-hydrogen) atoms. The zero-order chi connectivity index (χ0) is 15.0. The van der Waals surface area contributed by atoms with Gasteiger partial charge in [0.2, 0.25) is 0 Å². The van der Waals surface area contributed by atoms with Crippen LogP contribution in [-0.2, 0) is 10.2 Å². The van der Waals surface area contributed by atoms with Gasteiger partial charge in [-0.2, -0.15) is 0 Å². The van der Waals surface area contributed by atoms with E-state index in [0.717, 1.165) is 43.3 Å². The van der Waals surface area contributed by atoms with Crippen LogP contribution in [0.5, 0.6) is 0 Å². The number of nitrogens with zero attached hydrogens (tertiary/aromatic N) is 2. The van der Waals surface area contributed by atoms with Crippen molar-refractivity contribution in [3.05, 3.63) is 34.4 Å². The maximum Gasteiger partial charge on any atom is 0.258 e. The van der Waals surface area contributed by atoms with Gasteiger partial charge in [0, 0.05) is 24.2 Å². The number of hydrogen-bond donors (Lipinski definition) is 1. The predicted molar refractivity (Wildman–Crippen MR) is 84.1 cm³/mol. The van der Waals surface area contributed by atoms with Crippen molar-refractivity contribution in [2.24, 2.45) is 0 Å². The molecule has 5 heteroatoms. The Kier molecular flexibility index (Phi) is 3.45. The van der Waals surface area contributed by atoms with Gasteiger partial charge in [-0.3, -0.25) is 4.79 Å². The molecule has 1 aromatic carbocycles. The predicted octanol–water partition coefficient (Wildman–Crippen LogP) is 2.06. The summed E-state index contributed by atoms with van der Waals surface area (Å²) < 4.78 is 5.36. The van der Waals surface area contributed by atoms with Crippen LogP contribution in [0.15, 0.2) is 23.0 Å². The quantitative estimate of drug-likeness (QED) is 0.872. The molecule has 2 heterocycles. The highest BCUT2D eigenvalue weighted by Gasteiger charge is 2.19. The Morgan fingerprint density at radius 1 is 1.24 bits per heavy atom. The monoisotopic (exact) mass is 287 g/mol. The van der Waals surface area contributed by atoms with Gasteiger partial charge in [0.25, 0.3) is 5.56 Å². The summed E-state index contributed by atoms with van der Waals surface area (Å²) in [7, 11) is 0. The molecular weight excluding hydrogens is 266 g/mol. The van der Waals surface area contributed by atoms with E-state index in [4.69, 9.17) is 4.74 Å². The molecule has 1 aliphatic heterocycles. The number of rotatable bonds is 1. The van der Waals surface area contributed by atoms with Gasteiger partial charge in [-0.15, -0.1) is 0 Å². The van der Waals surface area contributed by atoms with E-state index in [9.17, 15) is 4.79 Å². The molecule has 0 unspecified atom stereocenters. The Hall–Kier alpha value is -1.88. The summed E-state index contributed by atoms with van der Waals surface area (Å²) in [5.74, 6) is 0.721. The fourth-order valence-corrected chi connectivity index (χ4v) is 2.50. The average Bonchev–Trinajstić information content (AvgIpc) is 2.47. The lowest BCUT2D eigenvalue weighted by atomic mass is 9.95. The molecular formula is C16H21N3O2. The Morgan fingerprint density at radius 2 is 1.95 bits per heavy atom. The molecule has 5 nitrogen and oxygen atoms in total. The van der Waals surface area contributed by atoms with E-state index in [1.807, 2.05) is 39.0 Å². The Bertz CT molecular complexity index is 710. The van der Waals surface area contributed by atoms with Crippen LogP contribution in [0.1, 0.15) is 26.6 Å². The molecule has 112 valence electrons. The van der Waals surface area contributed by atoms with Gasteiger partial charge in [-0.05, 0) is 18.2 Å². The fraction of sp³-hybridized carbons (Fsp3) is 0.500. The van der Waals surface area contributed by atoms with E-state index in [1.54, 1.807) is 0 Å². The molecule has 0 radical (unpaired) electrons. The van der Waals surface area contributed by atoms with Crippen molar-refractivity contribution >= 4 is 16.6 Å². The van der Waals surface area contributed by atoms with Crippen molar-refractivity contribution in [3.63, 3.8) is 0 Å². The van der Waals surface area contributed by atoms with E-state index in [2.05, 4.69) is 14.9 Å². The summed E-state index contributed by atoms with van der Waals surface area (Å²) in [5, 5.41) is 0.645. The van der Waals surface area contributed by atoms with Gasteiger partial charge in [-0.25, -0.2) is 4.98 Å². The zero-order valence-electron chi connectivity index (χ0n) is 12.8. The van der Waals surface area contributed by atoms with Gasteiger partial charge in [0.05, 0.1) is 24.1 Å². The van der Waals surface area contributed by atoms with Crippen LogP contribution in [0.25, 0.3) is 10.9 Å². The maximum absolute atomic E-state index is 12.3. The summed E-state index contributed by atoms with van der Waals surface area (Å²) in [4.78, 5) is 22.1. The smallest absolute Gasteiger partial charge is 0.258 e. The van der Waals surface area contributed by atoms with Crippen LogP contribution in [0.3, 0.4) is 0 Å². The molecule has 0 aliphatic carbocycles. The zero-order valence-corrected chi connectivity index (χ0v) is 12.8. The van der Waals surface area contributed by atoms with Crippen LogP contribution in [0, 0.1) is 0 Å². The number of fused-ring (bicyclic) bond motifs is 1. The lowest BCUT2D eigenvalue weighted by Gasteiger charge is -2.29. The second-order valence-electron chi connectivity index (χ2n) is 6.47. The minimum atomic E-state index is -0.170. The molecule has 1 saturated heterocycles. The van der Waals surface area contributed by atoms with Crippen LogP contribution in [0.2, 0.25) is 0 Å². The normalized spacial score (nSPS) is 16.4. The van der Waals surface area contributed by atoms with E-state index in [0.29, 0.717) is 5.39 Å². The molecule has 0 saturated carbocycles. The van der Waals surface area contributed by atoms with Crippen LogP contribution >= 0.6 is 0 Å². The van der Waals surface area contributed by atoms with E-state index < -0.39 is 0 Å². The third kappa shape index (κ3) is 2.78. The van der Waals surface area contributed by atoms with Crippen molar-refractivity contribution in [2.45, 2.75) is 26.2 Å². The molecule has 0 spiro atoms. The Morgan fingerprint density at radius 3 is 2.62 bits per heavy atom. The standard InChI is InChI=1S/C16H21N3O2/c1-16(2,3)15-17-13-5-4-11(10-12(13)14(20)18-15)19-6-8-21-9-7-19/h4-5,10H,6-9H2,1-3H3,(H,17,18,20). The lowest BCUT2D eigenvalue weighted by Crippen LogP contribution is -2.36. The second kappa shape index (κ2) is 5.15. The number of anilines is 1. The largest absolute Gasteiger partial charge is 0.378 e. The maximum atomic E-state index is 12.3. The van der Waals surface area contributed by atoms with Gasteiger partial charge in [0.1, 0.15) is 5.82 Å². The summed E-state index contributed by atoms with van der Waals surface area (Å²) in [6.45, 7) is 9.30. The van der Waals surface area contributed by atoms with Crippen molar-refractivity contribution < 1.29 is 4.74 Å². The average molecular weight is 287 g/mol. The number of ether oxygens (including phenoxy) is 1. The second-order valence-corrected chi connectivity index (χ2v) is 6.47. The number of benzene rings is 1. The van der Waals surface area contributed by atoms with Gasteiger partial charge >= 0.3 is 0 Å². The van der Waals surface area contributed by atoms with E-state index in [-0.39, 0.29) is 11.0 Å². The van der Waals surface area contributed by atoms with Crippen LogP contribution in [0.4, 0.5) is 5.69 Å². The molecule has 1 N–H and O–H groups in total. The van der Waals surface area contributed by atoms with E-state index >= 15 is 0 Å². The van der Waals surface area contributed by atoms with Gasteiger partial charge in [0.15, 0.2) is 0 Å². The van der Waals surface area contributed by atoms with Crippen LogP contribution < -0.4 is 10.5 Å². The third-order valence-electron chi connectivity index (χ3n) is 3.78. The van der Waals surface area contributed by atoms with Crippen molar-refractivity contribution in [2.75, 3.05) is 31.2 Å². The van der Waals surface area contributed by atoms with Crippen molar-refractivity contribution in [1.29, 1.82) is 0 Å². The highest BCUT2D eigenvalue weighted by atomic mass is 16.5. The van der Waals surface area contributed by atoms with Crippen molar-refractivity contribution in [1.82, 2.24) is 9.97 Å². The fourth-order valence-electron chi connectivity index (χ4n) is 2.50. The molecule has 1 aliphatic rings. The SMILES string of the molecule is CC(C)(C)c1nc2ccc(N3CCOCC3)cc2c(=O)[nH]1. The van der Waals surface area contributed by atoms with E-state index in [1.165, 1.54) is 0 Å². The highest BCUT2D eigenvalue weighted by Crippen LogP contribution is 2.22. The number of nitrogens with one attached hydrogen (secondary N) is 1. The molecule has 0 atom stereocenters. The first-order valence-corrected chi connectivity index (χ1v) is 7.32. The molecule has 0 amide bonds. The van der Waals surface area contributed by atoms with Crippen molar-refractivity contribution in [3.8, 4) is 0 Å². The Labute approximate surface area is 124 Å². The first-order valence-electron chi connectivity index (χ1n) is 7.32. The number of morpholine rings is 1. The lowest BCUT2D eigenvalue weighted by molar-refractivity contribution is 0.122. The number of aromatic nitrogens is 2. The Balaban J connectivity index is 2.06. The molecule has 2 aromatic rings. The topological polar surface area (TPSA) is 58.2 Å². The van der Waals surface area contributed by atoms with Crippen LogP contribution in [-0.4, -0.2) is 36.3 Å².